The SMILES string of the molecule is CC(C)CCOc1cnc(OC2(C)CCC2)nc1. The van der Waals surface area contributed by atoms with Gasteiger partial charge in [0.15, 0.2) is 5.75 Å². The Morgan fingerprint density at radius 1 is 1.28 bits per heavy atom. The van der Waals surface area contributed by atoms with Crippen LogP contribution in [-0.2, 0) is 0 Å². The highest BCUT2D eigenvalue weighted by atomic mass is 16.5. The van der Waals surface area contributed by atoms with E-state index < -0.39 is 0 Å². The van der Waals surface area contributed by atoms with Crippen LogP contribution in [0.2, 0.25) is 0 Å². The lowest BCUT2D eigenvalue weighted by atomic mass is 9.82. The highest BCUT2D eigenvalue weighted by Crippen LogP contribution is 2.34. The van der Waals surface area contributed by atoms with E-state index in [4.69, 9.17) is 9.47 Å². The minimum atomic E-state index is -0.0555. The van der Waals surface area contributed by atoms with Crippen LogP contribution in [0, 0.1) is 5.92 Å². The maximum atomic E-state index is 5.76. The lowest BCUT2D eigenvalue weighted by Crippen LogP contribution is -2.40. The van der Waals surface area contributed by atoms with Crippen molar-refractivity contribution in [1.82, 2.24) is 9.97 Å². The summed E-state index contributed by atoms with van der Waals surface area (Å²) in [7, 11) is 0. The number of hydrogen-bond acceptors (Lipinski definition) is 4. The molecule has 0 radical (unpaired) electrons. The second kappa shape index (κ2) is 5.55. The van der Waals surface area contributed by atoms with Gasteiger partial charge < -0.3 is 9.47 Å². The standard InChI is InChI=1S/C14H22N2O2/c1-11(2)5-8-17-12-9-15-13(16-10-12)18-14(3)6-4-7-14/h9-11H,4-8H2,1-3H3. The van der Waals surface area contributed by atoms with E-state index in [0.717, 1.165) is 19.3 Å². The molecule has 0 saturated heterocycles. The van der Waals surface area contributed by atoms with Gasteiger partial charge in [-0.15, -0.1) is 0 Å². The van der Waals surface area contributed by atoms with Crippen molar-refractivity contribution in [3.8, 4) is 11.8 Å². The average molecular weight is 250 g/mol. The molecule has 1 aromatic rings. The van der Waals surface area contributed by atoms with Gasteiger partial charge >= 0.3 is 6.01 Å². The molecule has 0 amide bonds. The highest BCUT2D eigenvalue weighted by molar-refractivity contribution is 5.14. The first-order valence-electron chi connectivity index (χ1n) is 6.71. The summed E-state index contributed by atoms with van der Waals surface area (Å²) in [6.07, 6.45) is 7.81. The summed E-state index contributed by atoms with van der Waals surface area (Å²) < 4.78 is 11.3. The van der Waals surface area contributed by atoms with Crippen molar-refractivity contribution in [3.05, 3.63) is 12.4 Å². The summed E-state index contributed by atoms with van der Waals surface area (Å²) in [5, 5.41) is 0. The third kappa shape index (κ3) is 3.59. The minimum Gasteiger partial charge on any atom is -0.490 e. The van der Waals surface area contributed by atoms with Crippen molar-refractivity contribution in [2.45, 2.75) is 52.1 Å². The zero-order valence-corrected chi connectivity index (χ0v) is 11.5. The van der Waals surface area contributed by atoms with Gasteiger partial charge in [-0.05, 0) is 38.5 Å². The van der Waals surface area contributed by atoms with E-state index in [9.17, 15) is 0 Å². The van der Waals surface area contributed by atoms with Crippen molar-refractivity contribution >= 4 is 0 Å². The smallest absolute Gasteiger partial charge is 0.317 e. The Morgan fingerprint density at radius 3 is 2.44 bits per heavy atom. The van der Waals surface area contributed by atoms with Crippen LogP contribution in [0.1, 0.15) is 46.5 Å². The van der Waals surface area contributed by atoms with E-state index in [1.165, 1.54) is 6.42 Å². The van der Waals surface area contributed by atoms with Crippen LogP contribution in [0.25, 0.3) is 0 Å². The molecule has 0 N–H and O–H groups in total. The highest BCUT2D eigenvalue weighted by Gasteiger charge is 2.34. The Labute approximate surface area is 109 Å². The molecular formula is C14H22N2O2. The molecule has 0 bridgehead atoms. The molecule has 0 unspecified atom stereocenters. The van der Waals surface area contributed by atoms with Gasteiger partial charge in [-0.2, -0.15) is 9.97 Å². The largest absolute Gasteiger partial charge is 0.490 e. The first-order chi connectivity index (χ1) is 8.57. The molecule has 0 atom stereocenters. The Hall–Kier alpha value is -1.32. The van der Waals surface area contributed by atoms with E-state index in [0.29, 0.717) is 24.3 Å². The molecule has 0 aliphatic heterocycles. The van der Waals surface area contributed by atoms with Gasteiger partial charge in [0.25, 0.3) is 0 Å². The molecule has 18 heavy (non-hydrogen) atoms. The third-order valence-corrected chi connectivity index (χ3v) is 3.32. The van der Waals surface area contributed by atoms with E-state index in [1.54, 1.807) is 12.4 Å². The molecule has 1 heterocycles. The van der Waals surface area contributed by atoms with Gasteiger partial charge in [0, 0.05) is 0 Å². The zero-order chi connectivity index (χ0) is 13.0. The number of nitrogens with zero attached hydrogens (tertiary/aromatic N) is 2. The molecule has 4 heteroatoms. The Morgan fingerprint density at radius 2 is 1.94 bits per heavy atom. The van der Waals surface area contributed by atoms with Crippen molar-refractivity contribution in [2.75, 3.05) is 6.61 Å². The molecular weight excluding hydrogens is 228 g/mol. The second-order valence-corrected chi connectivity index (χ2v) is 5.64. The van der Waals surface area contributed by atoms with Crippen LogP contribution in [0.4, 0.5) is 0 Å². The van der Waals surface area contributed by atoms with Crippen molar-refractivity contribution in [3.63, 3.8) is 0 Å². The maximum absolute atomic E-state index is 5.76. The number of aromatic nitrogens is 2. The summed E-state index contributed by atoms with van der Waals surface area (Å²) in [6.45, 7) is 7.16. The first kappa shape index (κ1) is 13.1. The van der Waals surface area contributed by atoms with Crippen molar-refractivity contribution < 1.29 is 9.47 Å². The summed E-state index contributed by atoms with van der Waals surface area (Å²) >= 11 is 0. The molecule has 1 aliphatic carbocycles. The van der Waals surface area contributed by atoms with Crippen LogP contribution in [0.5, 0.6) is 11.8 Å². The average Bonchev–Trinajstić information content (AvgIpc) is 2.29. The molecule has 2 rings (SSSR count). The van der Waals surface area contributed by atoms with E-state index in [2.05, 4.69) is 30.7 Å². The molecule has 1 aliphatic rings. The first-order valence-corrected chi connectivity index (χ1v) is 6.71. The zero-order valence-electron chi connectivity index (χ0n) is 11.5. The lowest BCUT2D eigenvalue weighted by molar-refractivity contribution is 0.00268. The predicted molar refractivity (Wildman–Crippen MR) is 69.9 cm³/mol. The summed E-state index contributed by atoms with van der Waals surface area (Å²) in [5.41, 5.74) is -0.0555. The van der Waals surface area contributed by atoms with E-state index in [1.807, 2.05) is 0 Å². The minimum absolute atomic E-state index is 0.0555. The van der Waals surface area contributed by atoms with Gasteiger partial charge in [0.05, 0.1) is 19.0 Å². The number of ether oxygens (including phenoxy) is 2. The molecule has 100 valence electrons. The van der Waals surface area contributed by atoms with Crippen LogP contribution >= 0.6 is 0 Å². The molecule has 1 saturated carbocycles. The molecule has 1 aromatic heterocycles. The van der Waals surface area contributed by atoms with Gasteiger partial charge in [-0.3, -0.25) is 0 Å². The van der Waals surface area contributed by atoms with Gasteiger partial charge in [0.1, 0.15) is 5.60 Å². The topological polar surface area (TPSA) is 44.2 Å². The second-order valence-electron chi connectivity index (χ2n) is 5.64. The number of hydrogen-bond donors (Lipinski definition) is 0. The summed E-state index contributed by atoms with van der Waals surface area (Å²) in [6, 6.07) is 0.452. The van der Waals surface area contributed by atoms with Crippen molar-refractivity contribution in [1.29, 1.82) is 0 Å². The summed E-state index contributed by atoms with van der Waals surface area (Å²) in [5.74, 6) is 1.36. The molecule has 0 spiro atoms. The van der Waals surface area contributed by atoms with Crippen LogP contribution in [0.15, 0.2) is 12.4 Å². The molecule has 0 aromatic carbocycles. The van der Waals surface area contributed by atoms with Crippen LogP contribution in [-0.4, -0.2) is 22.2 Å². The molecule has 1 fully saturated rings. The van der Waals surface area contributed by atoms with Crippen molar-refractivity contribution in [2.24, 2.45) is 5.92 Å². The van der Waals surface area contributed by atoms with Gasteiger partial charge in [-0.25, -0.2) is 0 Å². The normalized spacial score (nSPS) is 17.3. The Balaban J connectivity index is 1.81. The van der Waals surface area contributed by atoms with E-state index in [-0.39, 0.29) is 5.60 Å². The fourth-order valence-electron chi connectivity index (χ4n) is 1.84. The predicted octanol–water partition coefficient (Wildman–Crippen LogP) is 3.22. The van der Waals surface area contributed by atoms with Crippen LogP contribution < -0.4 is 9.47 Å². The monoisotopic (exact) mass is 250 g/mol. The van der Waals surface area contributed by atoms with Crippen LogP contribution in [0.3, 0.4) is 0 Å². The summed E-state index contributed by atoms with van der Waals surface area (Å²) in [4.78, 5) is 8.37. The Bertz CT molecular complexity index is 372. The maximum Gasteiger partial charge on any atom is 0.317 e. The number of rotatable bonds is 6. The third-order valence-electron chi connectivity index (χ3n) is 3.32. The van der Waals surface area contributed by atoms with E-state index >= 15 is 0 Å². The van der Waals surface area contributed by atoms with Gasteiger partial charge in [-0.1, -0.05) is 13.8 Å². The Kier molecular flexibility index (Phi) is 4.04. The quantitative estimate of drug-likeness (QED) is 0.777. The molecule has 4 nitrogen and oxygen atoms in total. The lowest BCUT2D eigenvalue weighted by Gasteiger charge is -2.37. The fraction of sp³-hybridized carbons (Fsp3) is 0.714. The fourth-order valence-corrected chi connectivity index (χ4v) is 1.84. The van der Waals surface area contributed by atoms with Gasteiger partial charge in [0.2, 0.25) is 0 Å².